The maximum Gasteiger partial charge on any atom is 0.301 e. The molecule has 1 N–H and O–H groups in total. The van der Waals surface area contributed by atoms with Gasteiger partial charge in [0, 0.05) is 21.5 Å². The van der Waals surface area contributed by atoms with Crippen molar-refractivity contribution in [2.45, 2.75) is 32.2 Å². The Kier molecular flexibility index (Phi) is 5.50. The molecule has 0 saturated carbocycles. The number of hydrogen-bond acceptors (Lipinski definition) is 5. The summed E-state index contributed by atoms with van der Waals surface area (Å²) in [5.74, 6) is -1.84. The van der Waals surface area contributed by atoms with Crippen molar-refractivity contribution in [3.8, 4) is 0 Å². The van der Waals surface area contributed by atoms with Gasteiger partial charge in [-0.2, -0.15) is 0 Å². The van der Waals surface area contributed by atoms with Crippen molar-refractivity contribution in [3.05, 3.63) is 87.3 Å². The summed E-state index contributed by atoms with van der Waals surface area (Å²) >= 11 is 3.33. The van der Waals surface area contributed by atoms with Crippen LogP contribution in [0.25, 0.3) is 5.76 Å². The van der Waals surface area contributed by atoms with E-state index in [0.29, 0.717) is 16.9 Å². The topological polar surface area (TPSA) is 83.6 Å². The first-order valence-electron chi connectivity index (χ1n) is 9.87. The fourth-order valence-corrected chi connectivity index (χ4v) is 3.79. The van der Waals surface area contributed by atoms with E-state index in [1.54, 1.807) is 30.3 Å². The number of nitrogens with zero attached hydrogens (tertiary/aromatic N) is 2. The summed E-state index contributed by atoms with van der Waals surface area (Å²) in [4.78, 5) is 27.3. The number of amides is 1. The molecule has 2 aromatic carbocycles. The van der Waals surface area contributed by atoms with E-state index in [0.717, 1.165) is 4.47 Å². The standard InChI is InChI=1S/C24H20BrFN2O4/c1-24(2,3)17-12-18(27-32-17)28-20(13-6-10-16(26)11-7-13)19(22(30)23(28)31)21(29)14-4-8-15(25)9-5-14/h4-12,20,29H,1-3H3/b21-19+. The SMILES string of the molecule is CC(C)(C)c1cc(N2C(=O)C(=O)/C(=C(/O)c3ccc(Br)cc3)C2c2ccc(F)cc2)no1. The molecular formula is C24H20BrFN2O4. The van der Waals surface area contributed by atoms with Crippen molar-refractivity contribution in [3.63, 3.8) is 0 Å². The minimum atomic E-state index is -1.00. The second-order valence-corrected chi connectivity index (χ2v) is 9.44. The highest BCUT2D eigenvalue weighted by Gasteiger charge is 2.48. The number of halogens is 2. The van der Waals surface area contributed by atoms with Crippen LogP contribution in [0.3, 0.4) is 0 Å². The number of aliphatic hydroxyl groups excluding tert-OH is 1. The Morgan fingerprint density at radius 2 is 1.72 bits per heavy atom. The molecule has 1 atom stereocenters. The molecule has 0 radical (unpaired) electrons. The number of carbonyl (C=O) groups excluding carboxylic acids is 2. The number of ketones is 1. The number of hydrogen-bond donors (Lipinski definition) is 1. The van der Waals surface area contributed by atoms with Gasteiger partial charge in [-0.3, -0.25) is 14.5 Å². The molecule has 1 fully saturated rings. The number of Topliss-reactive ketones (excluding diaryl/α,β-unsaturated/α-hetero) is 1. The lowest BCUT2D eigenvalue weighted by atomic mass is 9.93. The van der Waals surface area contributed by atoms with E-state index < -0.39 is 23.5 Å². The second kappa shape index (κ2) is 8.02. The average Bonchev–Trinajstić information content (AvgIpc) is 3.32. The van der Waals surface area contributed by atoms with Gasteiger partial charge >= 0.3 is 5.91 Å². The quantitative estimate of drug-likeness (QED) is 0.292. The van der Waals surface area contributed by atoms with Gasteiger partial charge in [-0.15, -0.1) is 0 Å². The molecule has 0 aliphatic carbocycles. The molecule has 1 unspecified atom stereocenters. The Morgan fingerprint density at radius 1 is 1.09 bits per heavy atom. The van der Waals surface area contributed by atoms with Crippen molar-refractivity contribution in [1.82, 2.24) is 5.16 Å². The molecule has 1 saturated heterocycles. The zero-order valence-corrected chi connectivity index (χ0v) is 19.2. The molecule has 8 heteroatoms. The predicted octanol–water partition coefficient (Wildman–Crippen LogP) is 5.50. The Balaban J connectivity index is 1.91. The Morgan fingerprint density at radius 3 is 2.28 bits per heavy atom. The van der Waals surface area contributed by atoms with E-state index in [-0.39, 0.29) is 22.6 Å². The van der Waals surface area contributed by atoms with Crippen LogP contribution in [-0.2, 0) is 15.0 Å². The first-order valence-corrected chi connectivity index (χ1v) is 10.7. The normalized spacial score (nSPS) is 18.4. The molecule has 6 nitrogen and oxygen atoms in total. The molecule has 4 rings (SSSR count). The lowest BCUT2D eigenvalue weighted by Gasteiger charge is -2.23. The van der Waals surface area contributed by atoms with E-state index in [1.165, 1.54) is 29.2 Å². The number of aromatic nitrogens is 1. The molecule has 0 spiro atoms. The summed E-state index contributed by atoms with van der Waals surface area (Å²) in [5, 5.41) is 15.0. The minimum Gasteiger partial charge on any atom is -0.507 e. The van der Waals surface area contributed by atoms with Crippen molar-refractivity contribution >= 4 is 39.2 Å². The van der Waals surface area contributed by atoms with E-state index in [2.05, 4.69) is 21.1 Å². The summed E-state index contributed by atoms with van der Waals surface area (Å²) in [6, 6.07) is 12.7. The van der Waals surface area contributed by atoms with Gasteiger partial charge in [0.1, 0.15) is 17.3 Å². The number of benzene rings is 2. The molecular weight excluding hydrogens is 479 g/mol. The van der Waals surface area contributed by atoms with Crippen LogP contribution in [0, 0.1) is 5.82 Å². The van der Waals surface area contributed by atoms with E-state index >= 15 is 0 Å². The highest BCUT2D eigenvalue weighted by molar-refractivity contribution is 9.10. The second-order valence-electron chi connectivity index (χ2n) is 8.53. The van der Waals surface area contributed by atoms with Gasteiger partial charge in [-0.1, -0.05) is 66.1 Å². The molecule has 164 valence electrons. The minimum absolute atomic E-state index is 0.107. The lowest BCUT2D eigenvalue weighted by Crippen LogP contribution is -2.29. The fraction of sp³-hybridized carbons (Fsp3) is 0.208. The molecule has 0 bridgehead atoms. The van der Waals surface area contributed by atoms with Crippen LogP contribution in [0.2, 0.25) is 0 Å². The van der Waals surface area contributed by atoms with Crippen molar-refractivity contribution in [2.75, 3.05) is 4.90 Å². The molecule has 2 heterocycles. The van der Waals surface area contributed by atoms with Gasteiger partial charge in [0.05, 0.1) is 11.6 Å². The third kappa shape index (κ3) is 3.86. The zero-order chi connectivity index (χ0) is 23.2. The van der Waals surface area contributed by atoms with Crippen molar-refractivity contribution in [2.24, 2.45) is 0 Å². The first-order chi connectivity index (χ1) is 15.1. The van der Waals surface area contributed by atoms with Crippen molar-refractivity contribution < 1.29 is 23.6 Å². The Labute approximate surface area is 192 Å². The lowest BCUT2D eigenvalue weighted by molar-refractivity contribution is -0.132. The molecule has 1 amide bonds. The van der Waals surface area contributed by atoms with E-state index in [1.807, 2.05) is 20.8 Å². The Hall–Kier alpha value is -3.26. The monoisotopic (exact) mass is 498 g/mol. The highest BCUT2D eigenvalue weighted by Crippen LogP contribution is 2.42. The molecule has 1 aromatic heterocycles. The molecule has 1 aliphatic heterocycles. The van der Waals surface area contributed by atoms with Crippen LogP contribution in [0.5, 0.6) is 0 Å². The third-order valence-electron chi connectivity index (χ3n) is 5.23. The molecule has 32 heavy (non-hydrogen) atoms. The van der Waals surface area contributed by atoms with Crippen LogP contribution in [0.1, 0.15) is 43.7 Å². The van der Waals surface area contributed by atoms with Crippen LogP contribution < -0.4 is 4.90 Å². The fourth-order valence-electron chi connectivity index (χ4n) is 3.53. The maximum atomic E-state index is 13.6. The van der Waals surface area contributed by atoms with Crippen LogP contribution >= 0.6 is 15.9 Å². The summed E-state index contributed by atoms with van der Waals surface area (Å²) in [6.07, 6.45) is 0. The largest absolute Gasteiger partial charge is 0.507 e. The van der Waals surface area contributed by atoms with Crippen molar-refractivity contribution in [1.29, 1.82) is 0 Å². The smallest absolute Gasteiger partial charge is 0.301 e. The van der Waals surface area contributed by atoms with Gasteiger partial charge in [0.15, 0.2) is 5.82 Å². The van der Waals surface area contributed by atoms with Crippen LogP contribution in [0.4, 0.5) is 10.2 Å². The molecule has 1 aliphatic rings. The molecule has 3 aromatic rings. The zero-order valence-electron chi connectivity index (χ0n) is 17.6. The summed E-state index contributed by atoms with van der Waals surface area (Å²) in [5.41, 5.74) is 0.337. The number of carbonyl (C=O) groups is 2. The van der Waals surface area contributed by atoms with E-state index in [9.17, 15) is 19.1 Å². The first kappa shape index (κ1) is 22.0. The van der Waals surface area contributed by atoms with Gasteiger partial charge in [0.25, 0.3) is 5.78 Å². The van der Waals surface area contributed by atoms with Gasteiger partial charge in [-0.25, -0.2) is 4.39 Å². The number of aliphatic hydroxyl groups is 1. The highest BCUT2D eigenvalue weighted by atomic mass is 79.9. The predicted molar refractivity (Wildman–Crippen MR) is 121 cm³/mol. The summed E-state index contributed by atoms with van der Waals surface area (Å²) in [6.45, 7) is 5.78. The van der Waals surface area contributed by atoms with Crippen LogP contribution in [0.15, 0.2) is 69.2 Å². The number of rotatable bonds is 3. The number of anilines is 1. The van der Waals surface area contributed by atoms with Crippen LogP contribution in [-0.4, -0.2) is 22.0 Å². The summed E-state index contributed by atoms with van der Waals surface area (Å²) < 4.78 is 19.8. The average molecular weight is 499 g/mol. The Bertz CT molecular complexity index is 1220. The third-order valence-corrected chi connectivity index (χ3v) is 5.76. The van der Waals surface area contributed by atoms with Gasteiger partial charge < -0.3 is 9.63 Å². The van der Waals surface area contributed by atoms with Gasteiger partial charge in [-0.05, 0) is 29.8 Å². The maximum absolute atomic E-state index is 13.6. The summed E-state index contributed by atoms with van der Waals surface area (Å²) in [7, 11) is 0. The van der Waals surface area contributed by atoms with Gasteiger partial charge in [0.2, 0.25) is 0 Å². The van der Waals surface area contributed by atoms with E-state index in [4.69, 9.17) is 4.52 Å².